The molecule has 8 heteroatoms. The molecule has 1 heterocycles. The summed E-state index contributed by atoms with van der Waals surface area (Å²) < 4.78 is 34.0. The van der Waals surface area contributed by atoms with E-state index < -0.39 is 10.0 Å². The number of aromatic nitrogens is 1. The highest BCUT2D eigenvalue weighted by Gasteiger charge is 2.48. The lowest BCUT2D eigenvalue weighted by Crippen LogP contribution is -2.55. The van der Waals surface area contributed by atoms with Gasteiger partial charge in [0, 0.05) is 23.8 Å². The molecule has 7 rings (SSSR count). The van der Waals surface area contributed by atoms with Gasteiger partial charge in [0.15, 0.2) is 5.03 Å². The molecule has 2 aromatic rings. The first-order valence-corrected chi connectivity index (χ1v) is 14.9. The molecule has 0 radical (unpaired) electrons. The first-order valence-electron chi connectivity index (χ1n) is 13.4. The highest BCUT2D eigenvalue weighted by atomic mass is 32.2. The van der Waals surface area contributed by atoms with Gasteiger partial charge in [0.2, 0.25) is 0 Å². The van der Waals surface area contributed by atoms with E-state index in [0.717, 1.165) is 30.4 Å². The summed E-state index contributed by atoms with van der Waals surface area (Å²) in [5, 5.41) is 3.43. The fourth-order valence-corrected chi connectivity index (χ4v) is 8.61. The second-order valence-corrected chi connectivity index (χ2v) is 13.0. The first-order chi connectivity index (χ1) is 17.4. The van der Waals surface area contributed by atoms with Gasteiger partial charge in [0.1, 0.15) is 5.75 Å². The van der Waals surface area contributed by atoms with Crippen LogP contribution in [0.2, 0.25) is 0 Å². The van der Waals surface area contributed by atoms with Crippen LogP contribution in [-0.4, -0.2) is 37.5 Å². The third-order valence-corrected chi connectivity index (χ3v) is 10.3. The highest BCUT2D eigenvalue weighted by molar-refractivity contribution is 7.89. The van der Waals surface area contributed by atoms with E-state index in [9.17, 15) is 13.2 Å². The van der Waals surface area contributed by atoms with Gasteiger partial charge in [0.05, 0.1) is 6.10 Å². The van der Waals surface area contributed by atoms with Crippen LogP contribution in [0, 0.1) is 23.7 Å². The number of hydrogen-bond acceptors (Lipinski definition) is 5. The molecule has 5 fully saturated rings. The zero-order chi connectivity index (χ0) is 24.7. The molecule has 192 valence electrons. The Balaban J connectivity index is 0.987. The molecule has 36 heavy (non-hydrogen) atoms. The van der Waals surface area contributed by atoms with Crippen molar-refractivity contribution < 1.29 is 17.9 Å². The molecule has 0 spiro atoms. The van der Waals surface area contributed by atoms with E-state index in [0.29, 0.717) is 36.3 Å². The summed E-state index contributed by atoms with van der Waals surface area (Å²) in [6, 6.07) is 12.6. The topological polar surface area (TPSA) is 97.4 Å². The van der Waals surface area contributed by atoms with E-state index >= 15 is 0 Å². The molecule has 0 unspecified atom stereocenters. The summed E-state index contributed by atoms with van der Waals surface area (Å²) in [5.74, 6) is 3.90. The van der Waals surface area contributed by atoms with Gasteiger partial charge in [-0.3, -0.25) is 4.79 Å². The minimum Gasteiger partial charge on any atom is -0.490 e. The van der Waals surface area contributed by atoms with E-state index in [2.05, 4.69) is 15.0 Å². The summed E-state index contributed by atoms with van der Waals surface area (Å²) in [6.07, 6.45) is 11.0. The van der Waals surface area contributed by atoms with Gasteiger partial charge in [0.25, 0.3) is 15.9 Å². The van der Waals surface area contributed by atoms with E-state index in [1.54, 1.807) is 12.1 Å². The minimum atomic E-state index is -3.61. The second-order valence-electron chi connectivity index (χ2n) is 11.3. The monoisotopic (exact) mass is 509 g/mol. The van der Waals surface area contributed by atoms with Crippen LogP contribution >= 0.6 is 0 Å². The van der Waals surface area contributed by atoms with E-state index in [1.807, 2.05) is 24.3 Å². The minimum absolute atomic E-state index is 0.0275. The number of ether oxygens (including phenoxy) is 1. The molecule has 5 aliphatic rings. The van der Waals surface area contributed by atoms with Gasteiger partial charge >= 0.3 is 0 Å². The molecule has 1 aromatic carbocycles. The lowest BCUT2D eigenvalue weighted by Gasteiger charge is -2.54. The van der Waals surface area contributed by atoms with Gasteiger partial charge in [-0.25, -0.2) is 18.1 Å². The molecule has 0 atom stereocenters. The summed E-state index contributed by atoms with van der Waals surface area (Å²) >= 11 is 0. The molecule has 5 saturated carbocycles. The molecule has 4 bridgehead atoms. The quantitative estimate of drug-likeness (QED) is 0.580. The van der Waals surface area contributed by atoms with Crippen LogP contribution in [0.15, 0.2) is 53.7 Å². The summed E-state index contributed by atoms with van der Waals surface area (Å²) in [6.45, 7) is 0. The molecule has 2 N–H and O–H groups in total. The Morgan fingerprint density at radius 3 is 2.14 bits per heavy atom. The van der Waals surface area contributed by atoms with Crippen molar-refractivity contribution >= 4 is 15.9 Å². The van der Waals surface area contributed by atoms with Gasteiger partial charge in [-0.2, -0.15) is 0 Å². The van der Waals surface area contributed by atoms with Crippen LogP contribution in [0.4, 0.5) is 0 Å². The van der Waals surface area contributed by atoms with Gasteiger partial charge in [-0.05, 0) is 118 Å². The van der Waals surface area contributed by atoms with Crippen LogP contribution in [0.5, 0.6) is 5.75 Å². The summed E-state index contributed by atoms with van der Waals surface area (Å²) in [5.41, 5.74) is 0.684. The number of nitrogens with one attached hydrogen (secondary N) is 2. The number of carbonyl (C=O) groups is 1. The van der Waals surface area contributed by atoms with Crippen molar-refractivity contribution in [2.75, 3.05) is 0 Å². The first kappa shape index (κ1) is 23.9. The Morgan fingerprint density at radius 1 is 0.861 bits per heavy atom. The maximum atomic E-state index is 13.0. The number of pyridine rings is 1. The average Bonchev–Trinajstić information content (AvgIpc) is 2.88. The van der Waals surface area contributed by atoms with Crippen LogP contribution in [0.3, 0.4) is 0 Å². The zero-order valence-electron chi connectivity index (χ0n) is 20.5. The van der Waals surface area contributed by atoms with Crippen molar-refractivity contribution in [3.05, 3.63) is 54.2 Å². The molecular formula is C28H35N3O4S. The molecule has 5 aliphatic carbocycles. The Morgan fingerprint density at radius 2 is 1.53 bits per heavy atom. The van der Waals surface area contributed by atoms with E-state index in [-0.39, 0.29) is 23.1 Å². The number of sulfonamides is 1. The Kier molecular flexibility index (Phi) is 6.50. The van der Waals surface area contributed by atoms with Gasteiger partial charge in [-0.15, -0.1) is 0 Å². The van der Waals surface area contributed by atoms with E-state index in [1.165, 1.54) is 44.4 Å². The average molecular weight is 510 g/mol. The number of carbonyl (C=O) groups excluding carboxylic acids is 1. The van der Waals surface area contributed by atoms with Gasteiger partial charge in [-0.1, -0.05) is 6.07 Å². The van der Waals surface area contributed by atoms with Gasteiger partial charge < -0.3 is 10.1 Å². The van der Waals surface area contributed by atoms with Crippen molar-refractivity contribution in [3.63, 3.8) is 0 Å². The number of nitrogens with zero attached hydrogens (tertiary/aromatic N) is 1. The maximum Gasteiger partial charge on any atom is 0.258 e. The number of rotatable bonds is 7. The van der Waals surface area contributed by atoms with Crippen molar-refractivity contribution in [2.45, 2.75) is 81.0 Å². The second kappa shape index (κ2) is 9.78. The highest BCUT2D eigenvalue weighted by Crippen LogP contribution is 2.53. The van der Waals surface area contributed by atoms with E-state index in [4.69, 9.17) is 4.74 Å². The van der Waals surface area contributed by atoms with Crippen molar-refractivity contribution in [1.82, 2.24) is 15.0 Å². The molecular weight excluding hydrogens is 474 g/mol. The molecule has 0 aliphatic heterocycles. The normalized spacial score (nSPS) is 33.3. The maximum absolute atomic E-state index is 13.0. The molecule has 0 saturated heterocycles. The Bertz CT molecular complexity index is 1150. The molecule has 7 nitrogen and oxygen atoms in total. The van der Waals surface area contributed by atoms with Crippen LogP contribution in [0.1, 0.15) is 68.1 Å². The van der Waals surface area contributed by atoms with Crippen LogP contribution < -0.4 is 14.8 Å². The summed E-state index contributed by atoms with van der Waals surface area (Å²) in [7, 11) is -3.61. The Labute approximate surface area is 213 Å². The van der Waals surface area contributed by atoms with Crippen LogP contribution in [-0.2, 0) is 10.0 Å². The smallest absolute Gasteiger partial charge is 0.258 e. The standard InChI is InChI=1S/C28H35N3O4S/c32-28(30-27-21-14-18-13-19(16-21)17-22(27)15-18)20-4-8-24(9-5-20)35-25-10-6-23(7-11-25)31-36(33,34)26-3-1-2-12-29-26/h1-5,8-9,12,18-19,21-23,25,27,31H,6-7,10-11,13-17H2,(H,30,32). The fourth-order valence-electron chi connectivity index (χ4n) is 7.36. The zero-order valence-corrected chi connectivity index (χ0v) is 21.3. The lowest BCUT2D eigenvalue weighted by molar-refractivity contribution is -0.0119. The van der Waals surface area contributed by atoms with Crippen molar-refractivity contribution in [2.24, 2.45) is 23.7 Å². The number of benzene rings is 1. The van der Waals surface area contributed by atoms with Crippen molar-refractivity contribution in [3.8, 4) is 5.75 Å². The number of hydrogen-bond donors (Lipinski definition) is 2. The predicted octanol–water partition coefficient (Wildman–Crippen LogP) is 4.30. The van der Waals surface area contributed by atoms with Crippen LogP contribution in [0.25, 0.3) is 0 Å². The number of amides is 1. The molecule has 1 aromatic heterocycles. The summed E-state index contributed by atoms with van der Waals surface area (Å²) in [4.78, 5) is 16.9. The SMILES string of the molecule is O=C(NC1C2CC3CC(C2)CC1C3)c1ccc(OC2CCC(NS(=O)(=O)c3ccccn3)CC2)cc1. The third-order valence-electron chi connectivity index (χ3n) is 8.85. The largest absolute Gasteiger partial charge is 0.490 e. The molecule has 1 amide bonds. The predicted molar refractivity (Wildman–Crippen MR) is 136 cm³/mol. The fraction of sp³-hybridized carbons (Fsp3) is 0.571. The Hall–Kier alpha value is -2.45. The van der Waals surface area contributed by atoms with Crippen molar-refractivity contribution in [1.29, 1.82) is 0 Å². The lowest BCUT2D eigenvalue weighted by atomic mass is 9.54. The third kappa shape index (κ3) is 5.02.